The van der Waals surface area contributed by atoms with Gasteiger partial charge in [-0.2, -0.15) is 0 Å². The zero-order valence-electron chi connectivity index (χ0n) is 12.9. The number of ether oxygens (including phenoxy) is 1. The number of rotatable bonds is 5. The summed E-state index contributed by atoms with van der Waals surface area (Å²) in [6.45, 7) is 3.48. The quantitative estimate of drug-likeness (QED) is 0.839. The number of hydrogen-bond donors (Lipinski definition) is 0. The van der Waals surface area contributed by atoms with E-state index in [2.05, 4.69) is 35.2 Å². The largest absolute Gasteiger partial charge is 0.486 e. The van der Waals surface area contributed by atoms with Crippen molar-refractivity contribution in [1.29, 1.82) is 0 Å². The minimum absolute atomic E-state index is 0.0638. The highest BCUT2D eigenvalue weighted by molar-refractivity contribution is 5.79. The fourth-order valence-electron chi connectivity index (χ4n) is 2.84. The molecule has 2 aromatic carbocycles. The molecular weight excluding hydrogens is 274 g/mol. The molecule has 1 heterocycles. The number of Topliss-reactive ketones (excluding diaryl/α,β-unsaturated/α-hetero) is 1. The van der Waals surface area contributed by atoms with Crippen LogP contribution in [0.3, 0.4) is 0 Å². The molecule has 3 heteroatoms. The molecule has 0 radical (unpaired) electrons. The molecule has 0 fully saturated rings. The van der Waals surface area contributed by atoms with E-state index in [1.54, 1.807) is 0 Å². The lowest BCUT2D eigenvalue weighted by Crippen LogP contribution is -2.40. The van der Waals surface area contributed by atoms with Crippen LogP contribution in [0.2, 0.25) is 0 Å². The Morgan fingerprint density at radius 3 is 2.64 bits per heavy atom. The molecule has 0 bridgehead atoms. The van der Waals surface area contributed by atoms with Crippen molar-refractivity contribution in [3.63, 3.8) is 0 Å². The maximum absolute atomic E-state index is 11.8. The molecule has 3 rings (SSSR count). The van der Waals surface area contributed by atoms with Crippen molar-refractivity contribution in [1.82, 2.24) is 0 Å². The molecule has 0 aliphatic carbocycles. The van der Waals surface area contributed by atoms with E-state index in [9.17, 15) is 4.79 Å². The number of fused-ring (bicyclic) bond motifs is 1. The Morgan fingerprint density at radius 2 is 1.86 bits per heavy atom. The lowest BCUT2D eigenvalue weighted by atomic mass is 10.1. The molecule has 22 heavy (non-hydrogen) atoms. The van der Waals surface area contributed by atoms with E-state index in [-0.39, 0.29) is 11.9 Å². The van der Waals surface area contributed by atoms with Gasteiger partial charge in [0.1, 0.15) is 17.6 Å². The number of anilines is 1. The fraction of sp³-hybridized carbons (Fsp3) is 0.316. The van der Waals surface area contributed by atoms with Crippen molar-refractivity contribution in [2.75, 3.05) is 11.4 Å². The highest BCUT2D eigenvalue weighted by Crippen LogP contribution is 2.34. The van der Waals surface area contributed by atoms with Gasteiger partial charge in [0.15, 0.2) is 0 Å². The topological polar surface area (TPSA) is 29.5 Å². The smallest absolute Gasteiger partial charge is 0.143 e. The Labute approximate surface area is 131 Å². The van der Waals surface area contributed by atoms with Crippen molar-refractivity contribution in [3.05, 3.63) is 60.2 Å². The van der Waals surface area contributed by atoms with Crippen LogP contribution in [0, 0.1) is 0 Å². The van der Waals surface area contributed by atoms with Crippen molar-refractivity contribution in [2.24, 2.45) is 0 Å². The molecule has 2 aromatic rings. The molecule has 0 aromatic heterocycles. The molecule has 1 atom stereocenters. The Balaban J connectivity index is 1.82. The minimum atomic E-state index is -0.0638. The molecular formula is C19H21NO2. The molecule has 114 valence electrons. The van der Waals surface area contributed by atoms with Gasteiger partial charge < -0.3 is 9.64 Å². The van der Waals surface area contributed by atoms with E-state index in [1.165, 1.54) is 5.56 Å². The van der Waals surface area contributed by atoms with Crippen molar-refractivity contribution in [2.45, 2.75) is 32.4 Å². The minimum Gasteiger partial charge on any atom is -0.486 e. The summed E-state index contributed by atoms with van der Waals surface area (Å²) in [6, 6.07) is 18.5. The van der Waals surface area contributed by atoms with Crippen LogP contribution < -0.4 is 9.64 Å². The number of carbonyl (C=O) groups is 1. The van der Waals surface area contributed by atoms with Crippen LogP contribution in [0.5, 0.6) is 5.75 Å². The van der Waals surface area contributed by atoms with E-state index < -0.39 is 0 Å². The van der Waals surface area contributed by atoms with Crippen LogP contribution in [-0.2, 0) is 11.3 Å². The average Bonchev–Trinajstić information content (AvgIpc) is 2.55. The summed E-state index contributed by atoms with van der Waals surface area (Å²) < 4.78 is 6.01. The second kappa shape index (κ2) is 6.65. The van der Waals surface area contributed by atoms with Gasteiger partial charge in [-0.1, -0.05) is 49.4 Å². The molecule has 0 saturated carbocycles. The van der Waals surface area contributed by atoms with Crippen LogP contribution in [-0.4, -0.2) is 18.4 Å². The molecule has 0 saturated heterocycles. The van der Waals surface area contributed by atoms with Crippen molar-refractivity contribution >= 4 is 11.5 Å². The first-order valence-corrected chi connectivity index (χ1v) is 7.82. The third-order valence-electron chi connectivity index (χ3n) is 3.99. The summed E-state index contributed by atoms with van der Waals surface area (Å²) in [6.07, 6.45) is 0.988. The fourth-order valence-corrected chi connectivity index (χ4v) is 2.84. The summed E-state index contributed by atoms with van der Waals surface area (Å²) in [5.74, 6) is 1.13. The Hall–Kier alpha value is -2.29. The summed E-state index contributed by atoms with van der Waals surface area (Å²) in [5, 5.41) is 0. The summed E-state index contributed by atoms with van der Waals surface area (Å²) in [7, 11) is 0. The third kappa shape index (κ3) is 3.30. The highest BCUT2D eigenvalue weighted by atomic mass is 16.5. The molecule has 0 N–H and O–H groups in total. The zero-order chi connectivity index (χ0) is 15.4. The maximum atomic E-state index is 11.8. The summed E-state index contributed by atoms with van der Waals surface area (Å²) in [5.41, 5.74) is 2.37. The second-order valence-corrected chi connectivity index (χ2v) is 5.67. The van der Waals surface area contributed by atoms with Gasteiger partial charge in [0.25, 0.3) is 0 Å². The molecule has 0 spiro atoms. The normalized spacial score (nSPS) is 16.8. The zero-order valence-corrected chi connectivity index (χ0v) is 12.9. The maximum Gasteiger partial charge on any atom is 0.143 e. The van der Waals surface area contributed by atoms with Gasteiger partial charge in [0, 0.05) is 19.4 Å². The number of para-hydroxylation sites is 2. The van der Waals surface area contributed by atoms with Crippen molar-refractivity contribution in [3.8, 4) is 5.75 Å². The molecule has 1 aliphatic rings. The molecule has 1 aliphatic heterocycles. The van der Waals surface area contributed by atoms with E-state index >= 15 is 0 Å². The van der Waals surface area contributed by atoms with E-state index in [0.29, 0.717) is 12.8 Å². The van der Waals surface area contributed by atoms with Crippen molar-refractivity contribution < 1.29 is 9.53 Å². The summed E-state index contributed by atoms with van der Waals surface area (Å²) in [4.78, 5) is 14.1. The number of nitrogens with zero attached hydrogens (tertiary/aromatic N) is 1. The predicted molar refractivity (Wildman–Crippen MR) is 88.3 cm³/mol. The summed E-state index contributed by atoms with van der Waals surface area (Å²) >= 11 is 0. The Bertz CT molecular complexity index is 639. The lowest BCUT2D eigenvalue weighted by Gasteiger charge is -2.36. The van der Waals surface area contributed by atoms with Gasteiger partial charge in [-0.25, -0.2) is 0 Å². The first-order chi connectivity index (χ1) is 10.8. The first kappa shape index (κ1) is 14.6. The monoisotopic (exact) mass is 295 g/mol. The van der Waals surface area contributed by atoms with Gasteiger partial charge in [-0.05, 0) is 17.7 Å². The van der Waals surface area contributed by atoms with E-state index in [4.69, 9.17) is 4.74 Å². The Kier molecular flexibility index (Phi) is 4.42. The number of ketones is 1. The van der Waals surface area contributed by atoms with Gasteiger partial charge in [0.2, 0.25) is 0 Å². The molecule has 0 unspecified atom stereocenters. The number of carbonyl (C=O) groups excluding carboxylic acids is 1. The van der Waals surface area contributed by atoms with Crippen LogP contribution >= 0.6 is 0 Å². The molecule has 3 nitrogen and oxygen atoms in total. The van der Waals surface area contributed by atoms with E-state index in [0.717, 1.165) is 24.5 Å². The van der Waals surface area contributed by atoms with Gasteiger partial charge in [-0.3, -0.25) is 4.79 Å². The highest BCUT2D eigenvalue weighted by Gasteiger charge is 2.26. The molecule has 0 amide bonds. The Morgan fingerprint density at radius 1 is 1.14 bits per heavy atom. The second-order valence-electron chi connectivity index (χ2n) is 5.67. The third-order valence-corrected chi connectivity index (χ3v) is 3.99. The van der Waals surface area contributed by atoms with Gasteiger partial charge in [-0.15, -0.1) is 0 Å². The first-order valence-electron chi connectivity index (χ1n) is 7.82. The van der Waals surface area contributed by atoms with Gasteiger partial charge in [0.05, 0.1) is 12.2 Å². The SMILES string of the molecule is CCC(=O)C[C@H]1CN(Cc2ccccc2)c2ccccc2O1. The predicted octanol–water partition coefficient (Wildman–Crippen LogP) is 3.82. The van der Waals surface area contributed by atoms with Gasteiger partial charge >= 0.3 is 0 Å². The lowest BCUT2D eigenvalue weighted by molar-refractivity contribution is -0.120. The van der Waals surface area contributed by atoms with Crippen LogP contribution in [0.25, 0.3) is 0 Å². The standard InChI is InChI=1S/C19H21NO2/c1-2-16(21)12-17-14-20(13-15-8-4-3-5-9-15)18-10-6-7-11-19(18)22-17/h3-11,17H,2,12-14H2,1H3/t17-/m0/s1. The van der Waals surface area contributed by atoms with Crippen LogP contribution in [0.4, 0.5) is 5.69 Å². The average molecular weight is 295 g/mol. The van der Waals surface area contributed by atoms with Crippen LogP contribution in [0.1, 0.15) is 25.3 Å². The number of hydrogen-bond acceptors (Lipinski definition) is 3. The van der Waals surface area contributed by atoms with E-state index in [1.807, 2.05) is 31.2 Å². The van der Waals surface area contributed by atoms with Crippen LogP contribution in [0.15, 0.2) is 54.6 Å². The number of benzene rings is 2.